The molecule has 1 aliphatic carbocycles. The molecule has 2 aromatic carbocycles. The number of benzene rings is 2. The fourth-order valence-electron chi connectivity index (χ4n) is 3.59. The summed E-state index contributed by atoms with van der Waals surface area (Å²) in [7, 11) is 0. The average molecular weight is 350 g/mol. The van der Waals surface area contributed by atoms with Crippen molar-refractivity contribution < 1.29 is 14.3 Å². The van der Waals surface area contributed by atoms with E-state index in [1.54, 1.807) is 0 Å². The number of carbonyl (C=O) groups is 1. The molecule has 2 saturated heterocycles. The van der Waals surface area contributed by atoms with E-state index < -0.39 is 0 Å². The van der Waals surface area contributed by atoms with E-state index in [1.165, 1.54) is 0 Å². The van der Waals surface area contributed by atoms with Crippen LogP contribution in [0.3, 0.4) is 0 Å². The van der Waals surface area contributed by atoms with Crippen LogP contribution in [0.25, 0.3) is 11.1 Å². The summed E-state index contributed by atoms with van der Waals surface area (Å²) in [6, 6.07) is 12.5. The van der Waals surface area contributed by atoms with E-state index in [0.29, 0.717) is 25.3 Å². The van der Waals surface area contributed by atoms with E-state index in [-0.39, 0.29) is 5.78 Å². The van der Waals surface area contributed by atoms with Gasteiger partial charge in [-0.05, 0) is 73.5 Å². The van der Waals surface area contributed by atoms with Crippen LogP contribution in [0.2, 0.25) is 0 Å². The Morgan fingerprint density at radius 1 is 0.769 bits per heavy atom. The lowest BCUT2D eigenvalue weighted by molar-refractivity contribution is 0.104. The highest BCUT2D eigenvalue weighted by atomic mass is 16.5. The molecule has 2 heterocycles. The van der Waals surface area contributed by atoms with Crippen LogP contribution in [0, 0.1) is 0 Å². The molecule has 2 aromatic rings. The van der Waals surface area contributed by atoms with Crippen LogP contribution in [-0.2, 0) is 0 Å². The maximum absolute atomic E-state index is 12.9. The van der Waals surface area contributed by atoms with Crippen LogP contribution >= 0.6 is 0 Å². The third-order valence-electron chi connectivity index (χ3n) is 5.52. The van der Waals surface area contributed by atoms with Gasteiger partial charge < -0.3 is 20.1 Å². The van der Waals surface area contributed by atoms with E-state index in [2.05, 4.69) is 10.6 Å². The summed E-state index contributed by atoms with van der Waals surface area (Å²) in [5.74, 6) is 1.56. The van der Waals surface area contributed by atoms with E-state index in [9.17, 15) is 4.79 Å². The van der Waals surface area contributed by atoms with Crippen molar-refractivity contribution >= 4 is 5.78 Å². The highest BCUT2D eigenvalue weighted by Crippen LogP contribution is 2.40. The molecule has 5 nitrogen and oxygen atoms in total. The number of hydrogen-bond acceptors (Lipinski definition) is 5. The van der Waals surface area contributed by atoms with Crippen LogP contribution < -0.4 is 20.1 Å². The first-order valence-electron chi connectivity index (χ1n) is 9.33. The first-order valence-corrected chi connectivity index (χ1v) is 9.33. The monoisotopic (exact) mass is 350 g/mol. The lowest BCUT2D eigenvalue weighted by Crippen LogP contribution is -2.46. The number of carbonyl (C=O) groups excluding carboxylic acids is 1. The predicted molar refractivity (Wildman–Crippen MR) is 99.1 cm³/mol. The normalized spacial score (nSPS) is 22.8. The summed E-state index contributed by atoms with van der Waals surface area (Å²) in [6.45, 7) is 3.42. The van der Waals surface area contributed by atoms with Gasteiger partial charge in [-0.3, -0.25) is 4.79 Å². The van der Waals surface area contributed by atoms with Gasteiger partial charge in [0.05, 0.1) is 0 Å². The highest BCUT2D eigenvalue weighted by molar-refractivity contribution is 6.22. The molecule has 0 unspecified atom stereocenters. The van der Waals surface area contributed by atoms with Crippen molar-refractivity contribution in [3.63, 3.8) is 0 Å². The molecule has 134 valence electrons. The Morgan fingerprint density at radius 3 is 1.62 bits per heavy atom. The maximum atomic E-state index is 12.9. The van der Waals surface area contributed by atoms with Crippen molar-refractivity contribution in [3.8, 4) is 22.6 Å². The summed E-state index contributed by atoms with van der Waals surface area (Å²) >= 11 is 0. The minimum Gasteiger partial charge on any atom is -0.492 e. The Bertz CT molecular complexity index is 787. The van der Waals surface area contributed by atoms with Gasteiger partial charge in [0.25, 0.3) is 0 Å². The van der Waals surface area contributed by atoms with Gasteiger partial charge in [-0.15, -0.1) is 0 Å². The Morgan fingerprint density at radius 2 is 1.23 bits per heavy atom. The van der Waals surface area contributed by atoms with Crippen LogP contribution in [-0.4, -0.2) is 44.2 Å². The molecule has 0 saturated carbocycles. The first-order chi connectivity index (χ1) is 12.8. The Labute approximate surface area is 152 Å². The molecule has 0 spiro atoms. The van der Waals surface area contributed by atoms with Crippen LogP contribution in [0.1, 0.15) is 28.8 Å². The minimum absolute atomic E-state index is 0.0504. The summed E-state index contributed by atoms with van der Waals surface area (Å²) in [5, 5.41) is 6.63. The maximum Gasteiger partial charge on any atom is 0.194 e. The van der Waals surface area contributed by atoms with Crippen LogP contribution in [0.5, 0.6) is 11.5 Å². The van der Waals surface area contributed by atoms with Gasteiger partial charge in [-0.25, -0.2) is 0 Å². The van der Waals surface area contributed by atoms with E-state index >= 15 is 0 Å². The second kappa shape index (κ2) is 6.41. The van der Waals surface area contributed by atoms with Crippen molar-refractivity contribution in [2.24, 2.45) is 0 Å². The van der Waals surface area contributed by atoms with Crippen LogP contribution in [0.15, 0.2) is 36.4 Å². The fourth-order valence-corrected chi connectivity index (χ4v) is 3.59. The van der Waals surface area contributed by atoms with Gasteiger partial charge in [0.2, 0.25) is 0 Å². The van der Waals surface area contributed by atoms with Crippen molar-refractivity contribution in [2.45, 2.75) is 24.9 Å². The SMILES string of the molecule is O=C1c2cc(OC[C@H]3CCN3)ccc2-c2ccc(OC[C@H]3CCN3)cc21. The zero-order chi connectivity index (χ0) is 17.5. The molecule has 2 fully saturated rings. The number of rotatable bonds is 6. The van der Waals surface area contributed by atoms with E-state index in [0.717, 1.165) is 59.7 Å². The highest BCUT2D eigenvalue weighted by Gasteiger charge is 2.28. The molecular formula is C21H22N2O3. The van der Waals surface area contributed by atoms with Gasteiger partial charge in [0.15, 0.2) is 5.78 Å². The average Bonchev–Trinajstić information content (AvgIpc) is 2.84. The van der Waals surface area contributed by atoms with Crippen LogP contribution in [0.4, 0.5) is 0 Å². The molecule has 2 aliphatic heterocycles. The molecule has 2 atom stereocenters. The predicted octanol–water partition coefficient (Wildman–Crippen LogP) is 2.38. The molecule has 5 heteroatoms. The van der Waals surface area contributed by atoms with E-state index in [4.69, 9.17) is 9.47 Å². The number of ketones is 1. The quantitative estimate of drug-likeness (QED) is 0.715. The Balaban J connectivity index is 1.34. The molecule has 0 radical (unpaired) electrons. The van der Waals surface area contributed by atoms with Gasteiger partial charge in [-0.2, -0.15) is 0 Å². The standard InChI is InChI=1S/C21H22N2O3/c24-21-19-9-15(25-11-13-5-7-22-13)1-3-17(19)18-4-2-16(10-20(18)21)26-12-14-6-8-23-14/h1-4,9-10,13-14,22-23H,5-8,11-12H2/t13-,14-/m1/s1. The van der Waals surface area contributed by atoms with Gasteiger partial charge in [-0.1, -0.05) is 0 Å². The zero-order valence-corrected chi connectivity index (χ0v) is 14.6. The fraction of sp³-hybridized carbons (Fsp3) is 0.381. The molecule has 26 heavy (non-hydrogen) atoms. The number of hydrogen-bond donors (Lipinski definition) is 2. The molecule has 0 bridgehead atoms. The Hall–Kier alpha value is -2.37. The largest absolute Gasteiger partial charge is 0.492 e. The number of fused-ring (bicyclic) bond motifs is 3. The van der Waals surface area contributed by atoms with Crippen molar-refractivity contribution in [3.05, 3.63) is 47.5 Å². The Kier molecular flexibility index (Phi) is 3.91. The van der Waals surface area contributed by atoms with Crippen molar-refractivity contribution in [1.82, 2.24) is 10.6 Å². The summed E-state index contributed by atoms with van der Waals surface area (Å²) in [5.41, 5.74) is 3.39. The second-order valence-corrected chi connectivity index (χ2v) is 7.25. The van der Waals surface area contributed by atoms with Gasteiger partial charge in [0.1, 0.15) is 24.7 Å². The van der Waals surface area contributed by atoms with E-state index in [1.807, 2.05) is 36.4 Å². The summed E-state index contributed by atoms with van der Waals surface area (Å²) < 4.78 is 11.7. The summed E-state index contributed by atoms with van der Waals surface area (Å²) in [4.78, 5) is 12.9. The molecule has 0 aromatic heterocycles. The zero-order valence-electron chi connectivity index (χ0n) is 14.6. The first kappa shape index (κ1) is 15.9. The van der Waals surface area contributed by atoms with Crippen molar-refractivity contribution in [2.75, 3.05) is 26.3 Å². The topological polar surface area (TPSA) is 59.6 Å². The molecule has 5 rings (SSSR count). The lowest BCUT2D eigenvalue weighted by atomic mass is 10.1. The van der Waals surface area contributed by atoms with Crippen molar-refractivity contribution in [1.29, 1.82) is 0 Å². The minimum atomic E-state index is 0.0504. The van der Waals surface area contributed by atoms with Gasteiger partial charge in [0, 0.05) is 23.2 Å². The second-order valence-electron chi connectivity index (χ2n) is 7.25. The molecule has 2 N–H and O–H groups in total. The number of ether oxygens (including phenoxy) is 2. The lowest BCUT2D eigenvalue weighted by Gasteiger charge is -2.27. The molecular weight excluding hydrogens is 328 g/mol. The third kappa shape index (κ3) is 2.77. The number of nitrogens with one attached hydrogen (secondary N) is 2. The van der Waals surface area contributed by atoms with Gasteiger partial charge >= 0.3 is 0 Å². The smallest absolute Gasteiger partial charge is 0.194 e. The molecule has 0 amide bonds. The molecule has 3 aliphatic rings. The summed E-state index contributed by atoms with van der Waals surface area (Å²) in [6.07, 6.45) is 2.29. The third-order valence-corrected chi connectivity index (χ3v) is 5.52.